The van der Waals surface area contributed by atoms with Crippen molar-refractivity contribution in [1.82, 2.24) is 0 Å². The van der Waals surface area contributed by atoms with Crippen molar-refractivity contribution < 1.29 is 8.42 Å². The average molecular weight is 410 g/mol. The van der Waals surface area contributed by atoms with Crippen LogP contribution in [0.2, 0.25) is 0 Å². The summed E-state index contributed by atoms with van der Waals surface area (Å²) < 4.78 is 29.9. The minimum absolute atomic E-state index is 0.396. The maximum Gasteiger partial charge on any atom is 0.262 e. The Bertz CT molecular complexity index is 873. The first-order chi connectivity index (χ1) is 11.1. The van der Waals surface area contributed by atoms with Crippen LogP contribution < -0.4 is 4.72 Å². The molecule has 0 saturated heterocycles. The summed E-state index contributed by atoms with van der Waals surface area (Å²) in [6.45, 7) is 11.8. The fourth-order valence-corrected chi connectivity index (χ4v) is 5.13. The summed E-state index contributed by atoms with van der Waals surface area (Å²) in [5, 5.41) is 0. The van der Waals surface area contributed by atoms with E-state index in [0.29, 0.717) is 10.6 Å². The molecule has 0 bridgehead atoms. The third kappa shape index (κ3) is 3.38. The monoisotopic (exact) mass is 409 g/mol. The lowest BCUT2D eigenvalue weighted by Crippen LogP contribution is -2.18. The molecule has 2 aromatic rings. The molecule has 0 amide bonds. The molecule has 0 aromatic heterocycles. The summed E-state index contributed by atoms with van der Waals surface area (Å²) in [6.07, 6.45) is 0.751. The predicted octanol–water partition coefficient (Wildman–Crippen LogP) is 5.35. The Kier molecular flexibility index (Phi) is 5.45. The normalized spacial score (nSPS) is 11.6. The fraction of sp³-hybridized carbons (Fsp3) is 0.368. The van der Waals surface area contributed by atoms with Gasteiger partial charge >= 0.3 is 0 Å². The molecule has 0 aliphatic rings. The maximum atomic E-state index is 13.1. The Morgan fingerprint density at radius 1 is 0.917 bits per heavy atom. The summed E-state index contributed by atoms with van der Waals surface area (Å²) in [6, 6.07) is 5.60. The molecule has 0 aliphatic carbocycles. The van der Waals surface area contributed by atoms with Crippen LogP contribution in [-0.4, -0.2) is 8.42 Å². The van der Waals surface area contributed by atoms with E-state index in [2.05, 4.69) is 20.7 Å². The van der Waals surface area contributed by atoms with Gasteiger partial charge in [0.15, 0.2) is 0 Å². The topological polar surface area (TPSA) is 46.2 Å². The molecule has 0 heterocycles. The second-order valence-electron chi connectivity index (χ2n) is 6.21. The predicted molar refractivity (Wildman–Crippen MR) is 104 cm³/mol. The Morgan fingerprint density at radius 2 is 1.42 bits per heavy atom. The van der Waals surface area contributed by atoms with Crippen molar-refractivity contribution in [3.8, 4) is 0 Å². The lowest BCUT2D eigenvalue weighted by atomic mass is 9.95. The number of sulfonamides is 1. The largest absolute Gasteiger partial charge is 0.279 e. The van der Waals surface area contributed by atoms with Gasteiger partial charge in [0.1, 0.15) is 0 Å². The highest BCUT2D eigenvalue weighted by Gasteiger charge is 2.24. The number of anilines is 1. The molecule has 24 heavy (non-hydrogen) atoms. The second kappa shape index (κ2) is 6.89. The number of aryl methyl sites for hydroxylation is 1. The van der Waals surface area contributed by atoms with Crippen molar-refractivity contribution in [1.29, 1.82) is 0 Å². The molecule has 3 nitrogen and oxygen atoms in total. The van der Waals surface area contributed by atoms with Gasteiger partial charge in [-0.2, -0.15) is 0 Å². The summed E-state index contributed by atoms with van der Waals surface area (Å²) in [5.74, 6) is 0. The first-order valence-corrected chi connectivity index (χ1v) is 10.3. The van der Waals surface area contributed by atoms with Crippen LogP contribution in [0.25, 0.3) is 0 Å². The number of rotatable bonds is 4. The van der Waals surface area contributed by atoms with Gasteiger partial charge in [-0.15, -0.1) is 0 Å². The summed E-state index contributed by atoms with van der Waals surface area (Å²) >= 11 is 3.43. The molecule has 0 atom stereocenters. The van der Waals surface area contributed by atoms with Crippen molar-refractivity contribution >= 4 is 31.6 Å². The van der Waals surface area contributed by atoms with Crippen LogP contribution in [0.15, 0.2) is 27.6 Å². The average Bonchev–Trinajstić information content (AvgIpc) is 2.52. The zero-order chi connectivity index (χ0) is 18.2. The molecular weight excluding hydrogens is 386 g/mol. The lowest BCUT2D eigenvalue weighted by molar-refractivity contribution is 0.599. The number of benzene rings is 2. The van der Waals surface area contributed by atoms with Crippen LogP contribution in [0.5, 0.6) is 0 Å². The van der Waals surface area contributed by atoms with Crippen LogP contribution in [0, 0.1) is 34.6 Å². The first kappa shape index (κ1) is 19.0. The molecule has 130 valence electrons. The van der Waals surface area contributed by atoms with E-state index >= 15 is 0 Å². The van der Waals surface area contributed by atoms with E-state index in [9.17, 15) is 8.42 Å². The van der Waals surface area contributed by atoms with Gasteiger partial charge in [0, 0.05) is 4.47 Å². The van der Waals surface area contributed by atoms with Gasteiger partial charge in [-0.1, -0.05) is 22.9 Å². The number of hydrogen-bond acceptors (Lipinski definition) is 2. The molecule has 2 rings (SSSR count). The van der Waals surface area contributed by atoms with Crippen molar-refractivity contribution in [3.63, 3.8) is 0 Å². The molecular formula is C19H24BrNO2S. The molecule has 0 aliphatic heterocycles. The quantitative estimate of drug-likeness (QED) is 0.738. The number of halogens is 1. The third-order valence-electron chi connectivity index (χ3n) is 4.89. The van der Waals surface area contributed by atoms with Gasteiger partial charge in [0.2, 0.25) is 0 Å². The van der Waals surface area contributed by atoms with Gasteiger partial charge in [-0.05, 0) is 92.6 Å². The summed E-state index contributed by atoms with van der Waals surface area (Å²) in [7, 11) is -3.65. The highest BCUT2D eigenvalue weighted by Crippen LogP contribution is 2.32. The first-order valence-electron chi connectivity index (χ1n) is 7.98. The molecule has 0 saturated carbocycles. The third-order valence-corrected chi connectivity index (χ3v) is 7.02. The Morgan fingerprint density at radius 3 is 1.92 bits per heavy atom. The Labute approximate surface area is 153 Å². The minimum Gasteiger partial charge on any atom is -0.279 e. The SMILES string of the molecule is CCc1cc(Br)ccc1NS(=O)(=O)c1c(C)c(C)c(C)c(C)c1C. The van der Waals surface area contributed by atoms with E-state index in [1.165, 1.54) is 0 Å². The van der Waals surface area contributed by atoms with Gasteiger partial charge in [-0.3, -0.25) is 4.72 Å². The van der Waals surface area contributed by atoms with E-state index in [1.807, 2.05) is 53.7 Å². The summed E-state index contributed by atoms with van der Waals surface area (Å²) in [5.41, 5.74) is 6.45. The summed E-state index contributed by atoms with van der Waals surface area (Å²) in [4.78, 5) is 0.396. The van der Waals surface area contributed by atoms with Gasteiger partial charge < -0.3 is 0 Å². The van der Waals surface area contributed by atoms with Crippen molar-refractivity contribution in [2.45, 2.75) is 52.9 Å². The number of nitrogens with one attached hydrogen (secondary N) is 1. The smallest absolute Gasteiger partial charge is 0.262 e. The molecule has 1 N–H and O–H groups in total. The fourth-order valence-electron chi connectivity index (χ4n) is 3.02. The standard InChI is InChI=1S/C19H24BrNO2S/c1-7-16-10-17(20)8-9-18(16)21-24(22,23)19-14(5)12(3)11(2)13(4)15(19)6/h8-10,21H,7H2,1-6H3. The van der Waals surface area contributed by atoms with E-state index < -0.39 is 10.0 Å². The van der Waals surface area contributed by atoms with E-state index in [4.69, 9.17) is 0 Å². The zero-order valence-corrected chi connectivity index (χ0v) is 17.4. The van der Waals surface area contributed by atoms with E-state index in [1.54, 1.807) is 6.07 Å². The zero-order valence-electron chi connectivity index (χ0n) is 15.0. The van der Waals surface area contributed by atoms with Crippen LogP contribution in [0.3, 0.4) is 0 Å². The van der Waals surface area contributed by atoms with Gasteiger partial charge in [0.05, 0.1) is 10.6 Å². The second-order valence-corrected chi connectivity index (χ2v) is 8.75. The van der Waals surface area contributed by atoms with Gasteiger partial charge in [-0.25, -0.2) is 8.42 Å². The van der Waals surface area contributed by atoms with E-state index in [0.717, 1.165) is 44.3 Å². The molecule has 0 spiro atoms. The van der Waals surface area contributed by atoms with Crippen molar-refractivity contribution in [2.24, 2.45) is 0 Å². The van der Waals surface area contributed by atoms with Crippen LogP contribution >= 0.6 is 15.9 Å². The molecule has 0 fully saturated rings. The highest BCUT2D eigenvalue weighted by atomic mass is 79.9. The van der Waals surface area contributed by atoms with Gasteiger partial charge in [0.25, 0.3) is 10.0 Å². The molecule has 0 radical (unpaired) electrons. The maximum absolute atomic E-state index is 13.1. The van der Waals surface area contributed by atoms with Crippen molar-refractivity contribution in [2.75, 3.05) is 4.72 Å². The van der Waals surface area contributed by atoms with Crippen molar-refractivity contribution in [3.05, 3.63) is 56.1 Å². The Hall–Kier alpha value is -1.33. The lowest BCUT2D eigenvalue weighted by Gasteiger charge is -2.20. The van der Waals surface area contributed by atoms with Crippen LogP contribution in [0.1, 0.15) is 40.3 Å². The van der Waals surface area contributed by atoms with Crippen LogP contribution in [-0.2, 0) is 16.4 Å². The Balaban J connectivity index is 2.62. The molecule has 5 heteroatoms. The molecule has 2 aromatic carbocycles. The molecule has 0 unspecified atom stereocenters. The van der Waals surface area contributed by atoms with E-state index in [-0.39, 0.29) is 0 Å². The minimum atomic E-state index is -3.65. The number of hydrogen-bond donors (Lipinski definition) is 1. The highest BCUT2D eigenvalue weighted by molar-refractivity contribution is 9.10. The van der Waals surface area contributed by atoms with Crippen LogP contribution in [0.4, 0.5) is 5.69 Å².